The van der Waals surface area contributed by atoms with E-state index in [1.54, 1.807) is 18.2 Å². The molecule has 0 amide bonds. The van der Waals surface area contributed by atoms with E-state index in [0.717, 1.165) is 12.5 Å². The van der Waals surface area contributed by atoms with Crippen molar-refractivity contribution in [1.29, 1.82) is 0 Å². The second-order valence-electron chi connectivity index (χ2n) is 9.77. The molecule has 0 saturated carbocycles. The lowest BCUT2D eigenvalue weighted by atomic mass is 10.1. The van der Waals surface area contributed by atoms with Crippen molar-refractivity contribution in [2.24, 2.45) is 9.98 Å². The SMILES string of the molecule is CC(F)C(F)(F)Oc1cccc(CCC2COC(CC3=NC(CCc4cccc(OC(F)(F)C(F)F)c4)CO3)=N2)c1. The van der Waals surface area contributed by atoms with Crippen molar-refractivity contribution in [3.8, 4) is 11.5 Å². The molecule has 0 fully saturated rings. The molecule has 41 heavy (non-hydrogen) atoms. The Bertz CT molecular complexity index is 1150. The first kappa shape index (κ1) is 30.4. The molecule has 0 N–H and O–H groups in total. The van der Waals surface area contributed by atoms with Crippen LogP contribution in [-0.2, 0) is 22.3 Å². The summed E-state index contributed by atoms with van der Waals surface area (Å²) in [5.74, 6) is 0.451. The number of ether oxygens (including phenoxy) is 4. The van der Waals surface area contributed by atoms with Crippen molar-refractivity contribution in [2.45, 2.75) is 75.9 Å². The summed E-state index contributed by atoms with van der Waals surface area (Å²) in [5.41, 5.74) is 1.37. The van der Waals surface area contributed by atoms with Gasteiger partial charge in [0.2, 0.25) is 6.17 Å². The van der Waals surface area contributed by atoms with Crippen LogP contribution in [0.3, 0.4) is 0 Å². The Balaban J connectivity index is 1.23. The topological polar surface area (TPSA) is 61.6 Å². The first-order chi connectivity index (χ1) is 19.4. The molecule has 2 heterocycles. The second-order valence-corrected chi connectivity index (χ2v) is 9.77. The van der Waals surface area contributed by atoms with Crippen molar-refractivity contribution in [3.05, 3.63) is 59.7 Å². The van der Waals surface area contributed by atoms with E-state index in [4.69, 9.17) is 9.47 Å². The van der Waals surface area contributed by atoms with E-state index in [0.29, 0.717) is 56.3 Å². The monoisotopic (exact) mass is 590 g/mol. The van der Waals surface area contributed by atoms with E-state index in [1.165, 1.54) is 30.3 Å². The predicted octanol–water partition coefficient (Wildman–Crippen LogP) is 6.80. The third kappa shape index (κ3) is 8.74. The zero-order valence-electron chi connectivity index (χ0n) is 22.1. The average molecular weight is 591 g/mol. The highest BCUT2D eigenvalue weighted by Crippen LogP contribution is 2.29. The van der Waals surface area contributed by atoms with E-state index in [2.05, 4.69) is 19.5 Å². The van der Waals surface area contributed by atoms with Crippen LogP contribution in [0.5, 0.6) is 11.5 Å². The Morgan fingerprint density at radius 2 is 1.24 bits per heavy atom. The molecule has 0 aromatic heterocycles. The summed E-state index contributed by atoms with van der Waals surface area (Å²) in [6.45, 7) is 1.40. The Hall–Kier alpha value is -3.51. The highest BCUT2D eigenvalue weighted by molar-refractivity contribution is 5.98. The Kier molecular flexibility index (Phi) is 9.64. The maximum atomic E-state index is 13.5. The molecule has 4 rings (SSSR count). The molecule has 0 bridgehead atoms. The summed E-state index contributed by atoms with van der Waals surface area (Å²) in [7, 11) is 0. The number of hydrogen-bond acceptors (Lipinski definition) is 6. The van der Waals surface area contributed by atoms with Crippen LogP contribution in [-0.4, -0.2) is 61.9 Å². The minimum Gasteiger partial charge on any atom is -0.478 e. The highest BCUT2D eigenvalue weighted by Gasteiger charge is 2.44. The molecule has 6 nitrogen and oxygen atoms in total. The molecule has 0 aliphatic carbocycles. The molecule has 2 aromatic carbocycles. The first-order valence-corrected chi connectivity index (χ1v) is 13.0. The molecule has 2 aliphatic heterocycles. The van der Waals surface area contributed by atoms with E-state index >= 15 is 0 Å². The van der Waals surface area contributed by atoms with Gasteiger partial charge in [0.1, 0.15) is 24.7 Å². The van der Waals surface area contributed by atoms with Crippen molar-refractivity contribution >= 4 is 11.8 Å². The molecular weight excluding hydrogens is 561 g/mol. The van der Waals surface area contributed by atoms with Crippen LogP contribution >= 0.6 is 0 Å². The molecular formula is C28H29F7N2O4. The van der Waals surface area contributed by atoms with Crippen LogP contribution in [0.25, 0.3) is 0 Å². The second kappa shape index (κ2) is 13.0. The zero-order chi connectivity index (χ0) is 29.6. The maximum absolute atomic E-state index is 13.5. The lowest BCUT2D eigenvalue weighted by Gasteiger charge is -2.19. The first-order valence-electron chi connectivity index (χ1n) is 13.0. The zero-order valence-corrected chi connectivity index (χ0v) is 22.1. The maximum Gasteiger partial charge on any atom is 0.461 e. The Morgan fingerprint density at radius 3 is 1.68 bits per heavy atom. The van der Waals surface area contributed by atoms with Crippen LogP contribution in [0.1, 0.15) is 37.3 Å². The minimum atomic E-state index is -4.57. The van der Waals surface area contributed by atoms with Gasteiger partial charge in [-0.3, -0.25) is 0 Å². The lowest BCUT2D eigenvalue weighted by molar-refractivity contribution is -0.253. The molecule has 0 spiro atoms. The number of nitrogens with zero attached hydrogens (tertiary/aromatic N) is 2. The smallest absolute Gasteiger partial charge is 0.461 e. The molecule has 3 atom stereocenters. The number of alkyl halides is 7. The number of rotatable bonds is 14. The van der Waals surface area contributed by atoms with E-state index in [1.807, 2.05) is 0 Å². The van der Waals surface area contributed by atoms with Crippen LogP contribution < -0.4 is 9.47 Å². The van der Waals surface area contributed by atoms with Crippen molar-refractivity contribution in [1.82, 2.24) is 0 Å². The van der Waals surface area contributed by atoms with E-state index in [-0.39, 0.29) is 30.0 Å². The summed E-state index contributed by atoms with van der Waals surface area (Å²) < 4.78 is 111. The number of aryl methyl sites for hydroxylation is 2. The van der Waals surface area contributed by atoms with Crippen molar-refractivity contribution in [3.63, 3.8) is 0 Å². The highest BCUT2D eigenvalue weighted by atomic mass is 19.3. The molecule has 224 valence electrons. The summed E-state index contributed by atoms with van der Waals surface area (Å²) >= 11 is 0. The van der Waals surface area contributed by atoms with Gasteiger partial charge in [0.25, 0.3) is 0 Å². The quantitative estimate of drug-likeness (QED) is 0.227. The summed E-state index contributed by atoms with van der Waals surface area (Å²) in [6, 6.07) is 11.4. The van der Waals surface area contributed by atoms with Gasteiger partial charge in [-0.25, -0.2) is 14.4 Å². The molecule has 3 unspecified atom stereocenters. The molecule has 0 radical (unpaired) electrons. The van der Waals surface area contributed by atoms with Gasteiger partial charge >= 0.3 is 18.6 Å². The van der Waals surface area contributed by atoms with Gasteiger partial charge in [-0.1, -0.05) is 24.3 Å². The van der Waals surface area contributed by atoms with Crippen molar-refractivity contribution < 1.29 is 49.7 Å². The standard InChI is InChI=1S/C28H29F7N2O4/c1-17(29)27(32,33)40-22-6-2-4-18(12-22)8-10-20-15-38-24(36-20)14-25-37-21(16-39-25)11-9-19-5-3-7-23(13-19)41-28(34,35)26(30)31/h2-7,12-13,17,20-21,26H,8-11,14-16H2,1H3. The van der Waals surface area contributed by atoms with Crippen LogP contribution in [0, 0.1) is 0 Å². The van der Waals surface area contributed by atoms with Crippen LogP contribution in [0.2, 0.25) is 0 Å². The van der Waals surface area contributed by atoms with Gasteiger partial charge in [0.05, 0.1) is 18.5 Å². The predicted molar refractivity (Wildman–Crippen MR) is 136 cm³/mol. The Labute approximate surface area is 232 Å². The largest absolute Gasteiger partial charge is 0.478 e. The average Bonchev–Trinajstić information content (AvgIpc) is 3.55. The molecule has 2 aliphatic rings. The molecule has 0 saturated heterocycles. The fourth-order valence-corrected chi connectivity index (χ4v) is 4.20. The number of halogens is 7. The van der Waals surface area contributed by atoms with Gasteiger partial charge in [0, 0.05) is 0 Å². The van der Waals surface area contributed by atoms with Crippen molar-refractivity contribution in [2.75, 3.05) is 13.2 Å². The van der Waals surface area contributed by atoms with Gasteiger partial charge in [0.15, 0.2) is 11.8 Å². The van der Waals surface area contributed by atoms with E-state index in [9.17, 15) is 30.7 Å². The Morgan fingerprint density at radius 1 is 0.780 bits per heavy atom. The fourth-order valence-electron chi connectivity index (χ4n) is 4.20. The van der Waals surface area contributed by atoms with E-state index < -0.39 is 24.8 Å². The van der Waals surface area contributed by atoms with Gasteiger partial charge in [-0.2, -0.15) is 26.3 Å². The fraction of sp³-hybridized carbons (Fsp3) is 0.500. The molecule has 2 aromatic rings. The normalized spacial score (nSPS) is 19.8. The minimum absolute atomic E-state index is 0.121. The van der Waals surface area contributed by atoms with Crippen LogP contribution in [0.15, 0.2) is 58.5 Å². The molecule has 13 heteroatoms. The summed E-state index contributed by atoms with van der Waals surface area (Å²) in [5, 5.41) is 0. The lowest BCUT2D eigenvalue weighted by Crippen LogP contribution is -2.34. The summed E-state index contributed by atoms with van der Waals surface area (Å²) in [6.07, 6.45) is -12.5. The third-order valence-corrected chi connectivity index (χ3v) is 6.39. The van der Waals surface area contributed by atoms with Gasteiger partial charge < -0.3 is 18.9 Å². The number of aliphatic imine (C=N–C) groups is 2. The number of benzene rings is 2. The number of hydrogen-bond donors (Lipinski definition) is 0. The third-order valence-electron chi connectivity index (χ3n) is 6.39. The van der Waals surface area contributed by atoms with Crippen LogP contribution in [0.4, 0.5) is 30.7 Å². The summed E-state index contributed by atoms with van der Waals surface area (Å²) in [4.78, 5) is 9.07. The van der Waals surface area contributed by atoms with Gasteiger partial charge in [-0.05, 0) is 68.0 Å². The van der Waals surface area contributed by atoms with Gasteiger partial charge in [-0.15, -0.1) is 0 Å².